The second-order valence-corrected chi connectivity index (χ2v) is 8.11. The smallest absolute Gasteiger partial charge is 0.397 e. The van der Waals surface area contributed by atoms with Crippen LogP contribution in [0.5, 0.6) is 17.2 Å². The Morgan fingerprint density at radius 3 is 2.34 bits per heavy atom. The van der Waals surface area contributed by atoms with Gasteiger partial charge in [0.2, 0.25) is 0 Å². The zero-order valence-corrected chi connectivity index (χ0v) is 21.0. The number of rotatable bonds is 11. The number of phenols is 1. The first-order valence-corrected chi connectivity index (χ1v) is 11.6. The highest BCUT2D eigenvalue weighted by Gasteiger charge is 2.29. The molecule has 2 aromatic carbocycles. The number of hydrogen-bond donors (Lipinski definition) is 2. The van der Waals surface area contributed by atoms with Gasteiger partial charge in [-0.05, 0) is 51.0 Å². The van der Waals surface area contributed by atoms with E-state index in [2.05, 4.69) is 10.1 Å². The third-order valence-corrected chi connectivity index (χ3v) is 5.24. The molecule has 0 aromatic heterocycles. The summed E-state index contributed by atoms with van der Waals surface area (Å²) in [6.45, 7) is 4.41. The van der Waals surface area contributed by atoms with Gasteiger partial charge in [-0.25, -0.2) is 4.79 Å². The molecule has 12 heteroatoms. The molecule has 2 N–H and O–H groups in total. The summed E-state index contributed by atoms with van der Waals surface area (Å²) < 4.78 is 54.1. The molecule has 0 fully saturated rings. The predicted octanol–water partition coefficient (Wildman–Crippen LogP) is 4.62. The summed E-state index contributed by atoms with van der Waals surface area (Å²) in [6.07, 6.45) is -6.01. The molecule has 0 unspecified atom stereocenters. The van der Waals surface area contributed by atoms with E-state index in [1.807, 2.05) is 6.07 Å². The average Bonchev–Trinajstić information content (AvgIpc) is 2.84. The van der Waals surface area contributed by atoms with E-state index in [-0.39, 0.29) is 60.1 Å². The van der Waals surface area contributed by atoms with Crippen molar-refractivity contribution in [3.63, 3.8) is 0 Å². The molecule has 0 saturated carbocycles. The molecule has 0 spiro atoms. The monoisotopic (exact) mass is 536 g/mol. The summed E-state index contributed by atoms with van der Waals surface area (Å²) in [5.41, 5.74) is 0.700. The van der Waals surface area contributed by atoms with Gasteiger partial charge in [-0.15, -0.1) is 0 Å². The van der Waals surface area contributed by atoms with Gasteiger partial charge in [0.05, 0.1) is 30.9 Å². The third kappa shape index (κ3) is 8.40. The lowest BCUT2D eigenvalue weighted by atomic mass is 10.0. The van der Waals surface area contributed by atoms with E-state index >= 15 is 0 Å². The number of esters is 1. The fourth-order valence-corrected chi connectivity index (χ4v) is 3.37. The van der Waals surface area contributed by atoms with Gasteiger partial charge in [0, 0.05) is 30.2 Å². The highest BCUT2D eigenvalue weighted by atomic mass is 19.4. The lowest BCUT2D eigenvalue weighted by Gasteiger charge is -2.16. The standard InChI is InChI=1S/C26H27F3N2O7/c1-4-36-25(35)24(34)31-20-13-22(17(14-30)12-15(20)2)38-11-5-10-37-21-7-6-18(16(3)32)23(33)19(21)8-9-26(27,28)29/h6-7,12-13,33H,4-5,8-11H2,1-3H3,(H,31,34). The van der Waals surface area contributed by atoms with Gasteiger partial charge in [-0.1, -0.05) is 0 Å². The van der Waals surface area contributed by atoms with Crippen LogP contribution in [0.25, 0.3) is 0 Å². The van der Waals surface area contributed by atoms with Crippen molar-refractivity contribution in [1.29, 1.82) is 5.26 Å². The van der Waals surface area contributed by atoms with Gasteiger partial charge in [0.15, 0.2) is 5.78 Å². The van der Waals surface area contributed by atoms with Crippen molar-refractivity contribution in [2.24, 2.45) is 0 Å². The minimum absolute atomic E-state index is 0.00811. The number of alkyl halides is 3. The highest BCUT2D eigenvalue weighted by Crippen LogP contribution is 2.35. The van der Waals surface area contributed by atoms with Crippen LogP contribution in [0, 0.1) is 18.3 Å². The molecule has 0 aliphatic carbocycles. The Balaban J connectivity index is 2.07. The Kier molecular flexibility index (Phi) is 10.5. The molecule has 204 valence electrons. The first kappa shape index (κ1) is 30.0. The van der Waals surface area contributed by atoms with Crippen LogP contribution in [0.4, 0.5) is 18.9 Å². The number of carbonyl (C=O) groups is 3. The molecule has 0 heterocycles. The summed E-state index contributed by atoms with van der Waals surface area (Å²) in [7, 11) is 0. The zero-order chi connectivity index (χ0) is 28.5. The van der Waals surface area contributed by atoms with Crippen molar-refractivity contribution in [1.82, 2.24) is 0 Å². The molecule has 0 bridgehead atoms. The second kappa shape index (κ2) is 13.3. The number of phenolic OH excluding ortho intramolecular Hbond substituents is 1. The molecule has 0 saturated heterocycles. The van der Waals surface area contributed by atoms with Crippen molar-refractivity contribution >= 4 is 23.3 Å². The molecule has 9 nitrogen and oxygen atoms in total. The molecule has 0 atom stereocenters. The van der Waals surface area contributed by atoms with E-state index in [9.17, 15) is 37.9 Å². The quantitative estimate of drug-likeness (QED) is 0.184. The number of nitriles is 1. The van der Waals surface area contributed by atoms with E-state index in [0.29, 0.717) is 5.56 Å². The van der Waals surface area contributed by atoms with Crippen molar-refractivity contribution < 1.29 is 46.9 Å². The number of hydrogen-bond acceptors (Lipinski definition) is 8. The molecule has 38 heavy (non-hydrogen) atoms. The van der Waals surface area contributed by atoms with Crippen LogP contribution in [-0.4, -0.2) is 48.8 Å². The van der Waals surface area contributed by atoms with E-state index in [1.54, 1.807) is 13.8 Å². The molecule has 2 aromatic rings. The number of carbonyl (C=O) groups excluding carboxylic acids is 3. The Morgan fingerprint density at radius 1 is 1.11 bits per heavy atom. The number of aryl methyl sites for hydroxylation is 1. The topological polar surface area (TPSA) is 135 Å². The van der Waals surface area contributed by atoms with Gasteiger partial charge in [-0.2, -0.15) is 18.4 Å². The van der Waals surface area contributed by atoms with Gasteiger partial charge in [0.25, 0.3) is 0 Å². The van der Waals surface area contributed by atoms with E-state index in [0.717, 1.165) is 0 Å². The van der Waals surface area contributed by atoms with E-state index < -0.39 is 42.4 Å². The van der Waals surface area contributed by atoms with Crippen LogP contribution in [0.3, 0.4) is 0 Å². The first-order chi connectivity index (χ1) is 17.9. The molecular weight excluding hydrogens is 509 g/mol. The fraction of sp³-hybridized carbons (Fsp3) is 0.385. The number of amides is 1. The average molecular weight is 537 g/mol. The largest absolute Gasteiger partial charge is 0.507 e. The summed E-state index contributed by atoms with van der Waals surface area (Å²) >= 11 is 0. The third-order valence-electron chi connectivity index (χ3n) is 5.24. The number of ether oxygens (including phenoxy) is 3. The van der Waals surface area contributed by atoms with E-state index in [1.165, 1.54) is 31.2 Å². The van der Waals surface area contributed by atoms with Gasteiger partial charge < -0.3 is 24.6 Å². The van der Waals surface area contributed by atoms with Crippen molar-refractivity contribution in [3.8, 4) is 23.3 Å². The molecule has 1 amide bonds. The number of halogens is 3. The highest BCUT2D eigenvalue weighted by molar-refractivity contribution is 6.37. The molecule has 2 rings (SSSR count). The minimum atomic E-state index is -4.47. The van der Waals surface area contributed by atoms with E-state index in [4.69, 9.17) is 9.47 Å². The molecule has 0 aliphatic heterocycles. The minimum Gasteiger partial charge on any atom is -0.507 e. The number of nitrogens with one attached hydrogen (secondary N) is 1. The van der Waals surface area contributed by atoms with Crippen LogP contribution >= 0.6 is 0 Å². The van der Waals surface area contributed by atoms with Crippen LogP contribution in [0.15, 0.2) is 24.3 Å². The Labute approximate surface area is 217 Å². The summed E-state index contributed by atoms with van der Waals surface area (Å²) in [6, 6.07) is 7.44. The zero-order valence-electron chi connectivity index (χ0n) is 21.0. The van der Waals surface area contributed by atoms with Crippen molar-refractivity contribution in [2.75, 3.05) is 25.1 Å². The van der Waals surface area contributed by atoms with Gasteiger partial charge in [-0.3, -0.25) is 9.59 Å². The number of Topliss-reactive ketones (excluding diaryl/α,β-unsaturated/α-hetero) is 1. The summed E-state index contributed by atoms with van der Waals surface area (Å²) in [4.78, 5) is 35.2. The van der Waals surface area contributed by atoms with Crippen LogP contribution in [-0.2, 0) is 20.7 Å². The normalized spacial score (nSPS) is 10.9. The number of ketones is 1. The van der Waals surface area contributed by atoms with Gasteiger partial charge in [0.1, 0.15) is 23.3 Å². The maximum Gasteiger partial charge on any atom is 0.397 e. The number of nitrogens with zero attached hydrogens (tertiary/aromatic N) is 1. The maximum absolute atomic E-state index is 12.8. The van der Waals surface area contributed by atoms with Crippen LogP contribution < -0.4 is 14.8 Å². The number of aromatic hydroxyl groups is 1. The number of benzene rings is 2. The Hall–Kier alpha value is -4.27. The molecule has 0 radical (unpaired) electrons. The molecular formula is C26H27F3N2O7. The maximum atomic E-state index is 12.8. The first-order valence-electron chi connectivity index (χ1n) is 11.6. The van der Waals surface area contributed by atoms with Crippen molar-refractivity contribution in [3.05, 3.63) is 46.5 Å². The number of anilines is 1. The summed E-state index contributed by atoms with van der Waals surface area (Å²) in [5.74, 6) is -2.96. The Morgan fingerprint density at radius 2 is 1.76 bits per heavy atom. The SMILES string of the molecule is CCOC(=O)C(=O)Nc1cc(OCCCOc2ccc(C(C)=O)c(O)c2CCC(F)(F)F)c(C#N)cc1C. The second-order valence-electron chi connectivity index (χ2n) is 8.11. The lowest BCUT2D eigenvalue weighted by Crippen LogP contribution is -2.25. The van der Waals surface area contributed by atoms with Crippen LogP contribution in [0.2, 0.25) is 0 Å². The fourth-order valence-electron chi connectivity index (χ4n) is 3.37. The molecule has 0 aliphatic rings. The van der Waals surface area contributed by atoms with Gasteiger partial charge >= 0.3 is 18.1 Å². The van der Waals surface area contributed by atoms with Crippen LogP contribution in [0.1, 0.15) is 53.7 Å². The summed E-state index contributed by atoms with van der Waals surface area (Å²) in [5, 5.41) is 22.1. The van der Waals surface area contributed by atoms with Crippen molar-refractivity contribution in [2.45, 2.75) is 46.2 Å². The predicted molar refractivity (Wildman–Crippen MR) is 129 cm³/mol. The lowest BCUT2D eigenvalue weighted by molar-refractivity contribution is -0.152. The Bertz CT molecular complexity index is 1240.